The molecule has 0 bridgehead atoms. The number of rotatable bonds is 39. The van der Waals surface area contributed by atoms with Crippen molar-refractivity contribution in [3.05, 3.63) is 0 Å². The number of carbonyl (C=O) groups excluding carboxylic acids is 1. The summed E-state index contributed by atoms with van der Waals surface area (Å²) >= 11 is 0. The highest BCUT2D eigenvalue weighted by Crippen LogP contribution is 2.23. The zero-order valence-electron chi connectivity index (χ0n) is 35.3. The highest BCUT2D eigenvalue weighted by molar-refractivity contribution is 5.76. The molecule has 6 N–H and O–H groups in total. The van der Waals surface area contributed by atoms with Crippen molar-refractivity contribution in [3.8, 4) is 0 Å². The molecule has 0 aromatic heterocycles. The van der Waals surface area contributed by atoms with E-state index in [1.54, 1.807) is 0 Å². The van der Waals surface area contributed by atoms with E-state index in [2.05, 4.69) is 19.2 Å². The molecule has 0 aromatic carbocycles. The van der Waals surface area contributed by atoms with Crippen LogP contribution in [0.2, 0.25) is 0 Å². The summed E-state index contributed by atoms with van der Waals surface area (Å²) in [4.78, 5) is 13.0. The molecule has 9 heteroatoms. The Morgan fingerprint density at radius 3 is 1.31 bits per heavy atom. The van der Waals surface area contributed by atoms with E-state index in [0.717, 1.165) is 38.5 Å². The maximum absolute atomic E-state index is 13.0. The Kier molecular flexibility index (Phi) is 34.6. The van der Waals surface area contributed by atoms with Crippen molar-refractivity contribution in [2.75, 3.05) is 13.2 Å². The first-order chi connectivity index (χ1) is 26.3. The highest BCUT2D eigenvalue weighted by Gasteiger charge is 2.44. The van der Waals surface area contributed by atoms with Gasteiger partial charge in [-0.25, -0.2) is 0 Å². The van der Waals surface area contributed by atoms with Crippen LogP contribution >= 0.6 is 0 Å². The van der Waals surface area contributed by atoms with Gasteiger partial charge in [0.2, 0.25) is 5.91 Å². The Balaban J connectivity index is 2.28. The Hall–Kier alpha value is -0.810. The van der Waals surface area contributed by atoms with Gasteiger partial charge in [0.25, 0.3) is 0 Å². The summed E-state index contributed by atoms with van der Waals surface area (Å²) in [5.74, 6) is -0.141. The third kappa shape index (κ3) is 26.9. The normalized spacial score (nSPS) is 21.4. The molecule has 7 atom stereocenters. The molecule has 0 spiro atoms. The molecular formula is C45H89NO8. The maximum Gasteiger partial charge on any atom is 0.220 e. The Morgan fingerprint density at radius 1 is 0.556 bits per heavy atom. The van der Waals surface area contributed by atoms with Crippen molar-refractivity contribution >= 4 is 5.91 Å². The third-order valence-corrected chi connectivity index (χ3v) is 11.5. The Morgan fingerprint density at radius 2 is 0.926 bits per heavy atom. The topological polar surface area (TPSA) is 149 Å². The molecular weight excluding hydrogens is 682 g/mol. The second kappa shape index (κ2) is 36.5. The van der Waals surface area contributed by atoms with Gasteiger partial charge in [0.1, 0.15) is 24.4 Å². The third-order valence-electron chi connectivity index (χ3n) is 11.5. The number of amides is 1. The zero-order valence-corrected chi connectivity index (χ0v) is 35.3. The van der Waals surface area contributed by atoms with Crippen LogP contribution in [0.25, 0.3) is 0 Å². The van der Waals surface area contributed by atoms with Crippen molar-refractivity contribution < 1.29 is 39.8 Å². The van der Waals surface area contributed by atoms with E-state index < -0.39 is 49.5 Å². The number of unbranched alkanes of at least 4 members (excludes halogenated alkanes) is 29. The van der Waals surface area contributed by atoms with Gasteiger partial charge in [-0.15, -0.1) is 0 Å². The number of ether oxygens (including phenoxy) is 2. The average Bonchev–Trinajstić information content (AvgIpc) is 3.17. The number of nitrogens with one attached hydrogen (secondary N) is 1. The summed E-state index contributed by atoms with van der Waals surface area (Å²) in [6, 6.07) is -0.710. The lowest BCUT2D eigenvalue weighted by Crippen LogP contribution is -2.60. The van der Waals surface area contributed by atoms with Crippen LogP contribution in [0.1, 0.15) is 226 Å². The molecule has 1 amide bonds. The van der Waals surface area contributed by atoms with E-state index in [9.17, 15) is 30.3 Å². The van der Waals surface area contributed by atoms with E-state index in [-0.39, 0.29) is 12.5 Å². The summed E-state index contributed by atoms with van der Waals surface area (Å²) in [7, 11) is 0. The number of hydrogen-bond donors (Lipinski definition) is 6. The van der Waals surface area contributed by atoms with Gasteiger partial charge < -0.3 is 40.3 Å². The fourth-order valence-corrected chi connectivity index (χ4v) is 7.69. The number of aliphatic hydroxyl groups is 5. The van der Waals surface area contributed by atoms with Crippen LogP contribution in [0.4, 0.5) is 0 Å². The first kappa shape index (κ1) is 51.2. The molecule has 1 heterocycles. The van der Waals surface area contributed by atoms with Crippen molar-refractivity contribution in [1.29, 1.82) is 0 Å². The van der Waals surface area contributed by atoms with Gasteiger partial charge in [0, 0.05) is 6.42 Å². The van der Waals surface area contributed by atoms with E-state index in [1.807, 2.05) is 0 Å². The van der Waals surface area contributed by atoms with Crippen molar-refractivity contribution in [1.82, 2.24) is 5.32 Å². The van der Waals surface area contributed by atoms with Crippen molar-refractivity contribution in [3.63, 3.8) is 0 Å². The quantitative estimate of drug-likeness (QED) is 0.0339. The van der Waals surface area contributed by atoms with Gasteiger partial charge in [-0.2, -0.15) is 0 Å². The van der Waals surface area contributed by atoms with Gasteiger partial charge in [0.05, 0.1) is 25.4 Å². The van der Waals surface area contributed by atoms with E-state index in [0.29, 0.717) is 12.8 Å². The molecule has 0 aromatic rings. The molecule has 1 aliphatic heterocycles. The predicted molar refractivity (Wildman–Crippen MR) is 221 cm³/mol. The summed E-state index contributed by atoms with van der Waals surface area (Å²) in [6.07, 6.45) is 32.5. The van der Waals surface area contributed by atoms with Crippen LogP contribution in [0.15, 0.2) is 0 Å². The largest absolute Gasteiger partial charge is 0.394 e. The summed E-state index contributed by atoms with van der Waals surface area (Å²) in [6.45, 7) is 3.84. The molecule has 0 radical (unpaired) electrons. The average molecular weight is 772 g/mol. The monoisotopic (exact) mass is 772 g/mol. The fraction of sp³-hybridized carbons (Fsp3) is 0.978. The fourth-order valence-electron chi connectivity index (χ4n) is 7.69. The second-order valence-corrected chi connectivity index (χ2v) is 16.6. The molecule has 1 aliphatic rings. The lowest BCUT2D eigenvalue weighted by atomic mass is 9.99. The highest BCUT2D eigenvalue weighted by atomic mass is 16.7. The van der Waals surface area contributed by atoms with Crippen LogP contribution in [-0.2, 0) is 14.3 Å². The van der Waals surface area contributed by atoms with Crippen molar-refractivity contribution in [2.24, 2.45) is 0 Å². The van der Waals surface area contributed by atoms with Gasteiger partial charge in [-0.1, -0.05) is 206 Å². The number of hydrogen-bond acceptors (Lipinski definition) is 8. The summed E-state index contributed by atoms with van der Waals surface area (Å²) in [5, 5.41) is 54.3. The molecule has 1 rings (SSSR count). The molecule has 54 heavy (non-hydrogen) atoms. The molecule has 322 valence electrons. The maximum atomic E-state index is 13.0. The lowest BCUT2D eigenvalue weighted by Gasteiger charge is -2.40. The number of aliphatic hydroxyl groups excluding tert-OH is 5. The molecule has 1 fully saturated rings. The molecule has 1 saturated heterocycles. The SMILES string of the molecule is CCCCCCCCCCCCCCCCCCCCCC(=O)N[C@@H](CO[C@@H]1O[C@H](CO)[C@H](O)C(O)C1O)[C@H](O)CCCCCCCCCCCCCC. The first-order valence-electron chi connectivity index (χ1n) is 23.2. The van der Waals surface area contributed by atoms with Gasteiger partial charge in [-0.3, -0.25) is 4.79 Å². The predicted octanol–water partition coefficient (Wildman–Crippen LogP) is 9.56. The summed E-state index contributed by atoms with van der Waals surface area (Å²) < 4.78 is 11.2. The molecule has 0 aliphatic carbocycles. The molecule has 2 unspecified atom stereocenters. The Bertz CT molecular complexity index is 817. The standard InChI is InChI=1S/C45H89NO8/c1-3-5-7-9-11-13-15-17-18-19-20-21-22-23-25-27-29-31-33-35-41(49)46-38(37-53-45-44(52)43(51)42(50)40(36-47)54-45)39(48)34-32-30-28-26-24-16-14-12-10-8-6-4-2/h38-40,42-45,47-48,50-52H,3-37H2,1-2H3,(H,46,49)/t38-,39+,40+,42-,43?,44?,45+/m0/s1. The van der Waals surface area contributed by atoms with Crippen molar-refractivity contribution in [2.45, 2.75) is 269 Å². The van der Waals surface area contributed by atoms with Crippen LogP contribution < -0.4 is 5.32 Å². The second-order valence-electron chi connectivity index (χ2n) is 16.6. The van der Waals surface area contributed by atoms with Gasteiger partial charge in [-0.05, 0) is 12.8 Å². The molecule has 0 saturated carbocycles. The van der Waals surface area contributed by atoms with E-state index in [1.165, 1.54) is 161 Å². The smallest absolute Gasteiger partial charge is 0.220 e. The van der Waals surface area contributed by atoms with Crippen LogP contribution in [0, 0.1) is 0 Å². The van der Waals surface area contributed by atoms with Crippen LogP contribution in [0.5, 0.6) is 0 Å². The minimum Gasteiger partial charge on any atom is -0.394 e. The number of carbonyl (C=O) groups is 1. The van der Waals surface area contributed by atoms with Gasteiger partial charge in [0.15, 0.2) is 6.29 Å². The lowest BCUT2D eigenvalue weighted by molar-refractivity contribution is -0.302. The first-order valence-corrected chi connectivity index (χ1v) is 23.2. The van der Waals surface area contributed by atoms with Gasteiger partial charge >= 0.3 is 0 Å². The Labute approximate surface area is 332 Å². The zero-order chi connectivity index (χ0) is 39.5. The van der Waals surface area contributed by atoms with E-state index in [4.69, 9.17) is 9.47 Å². The summed E-state index contributed by atoms with van der Waals surface area (Å²) in [5.41, 5.74) is 0. The van der Waals surface area contributed by atoms with Crippen LogP contribution in [-0.4, -0.2) is 87.5 Å². The minimum absolute atomic E-state index is 0.132. The van der Waals surface area contributed by atoms with E-state index >= 15 is 0 Å². The minimum atomic E-state index is -1.55. The molecule has 9 nitrogen and oxygen atoms in total. The van der Waals surface area contributed by atoms with Crippen LogP contribution in [0.3, 0.4) is 0 Å².